The number of rotatable bonds is 7. The van der Waals surface area contributed by atoms with Crippen molar-refractivity contribution in [3.05, 3.63) is 53.3 Å². The van der Waals surface area contributed by atoms with Crippen LogP contribution >= 0.6 is 0 Å². The van der Waals surface area contributed by atoms with E-state index >= 15 is 0 Å². The number of halogens is 3. The number of ether oxygens (including phenoxy) is 5. The monoisotopic (exact) mass is 482 g/mol. The van der Waals surface area contributed by atoms with Gasteiger partial charge in [-0.25, -0.2) is 0 Å². The molecule has 0 radical (unpaired) electrons. The Bertz CT molecular complexity index is 1030. The Labute approximate surface area is 194 Å². The van der Waals surface area contributed by atoms with Gasteiger partial charge >= 0.3 is 6.36 Å². The largest absolute Gasteiger partial charge is 0.522 e. The van der Waals surface area contributed by atoms with Crippen LogP contribution in [0, 0.1) is 6.92 Å². The van der Waals surface area contributed by atoms with Gasteiger partial charge in [-0.15, -0.1) is 13.2 Å². The molecular weight excluding hydrogens is 457 g/mol. The third kappa shape index (κ3) is 4.96. The number of alkyl halides is 3. The minimum atomic E-state index is -4.70. The number of likely N-dealkylation sites (tertiary alicyclic amines) is 1. The van der Waals surface area contributed by atoms with E-state index in [1.54, 1.807) is 49.4 Å². The van der Waals surface area contributed by atoms with E-state index in [9.17, 15) is 18.0 Å². The van der Waals surface area contributed by atoms with Crippen molar-refractivity contribution in [2.75, 3.05) is 40.2 Å². The molecule has 0 aliphatic carbocycles. The predicted molar refractivity (Wildman–Crippen MR) is 112 cm³/mol. The molecule has 1 aromatic heterocycles. The van der Waals surface area contributed by atoms with Gasteiger partial charge in [0, 0.05) is 24.7 Å². The minimum Gasteiger partial charge on any atom is -0.495 e. The number of hydrogen-bond acceptors (Lipinski definition) is 7. The van der Waals surface area contributed by atoms with Crippen LogP contribution in [0.3, 0.4) is 0 Å². The average molecular weight is 482 g/mol. The van der Waals surface area contributed by atoms with E-state index in [2.05, 4.69) is 9.72 Å². The second kappa shape index (κ2) is 9.77. The molecule has 3 heterocycles. The number of amides is 1. The maximum Gasteiger partial charge on any atom is 0.522 e. The maximum absolute atomic E-state index is 13.2. The van der Waals surface area contributed by atoms with Gasteiger partial charge in [-0.2, -0.15) is 0 Å². The summed E-state index contributed by atoms with van der Waals surface area (Å²) >= 11 is 0. The van der Waals surface area contributed by atoms with Crippen molar-refractivity contribution in [1.82, 2.24) is 9.88 Å². The number of piperidine rings is 1. The molecular formula is C23H25F3N2O6. The van der Waals surface area contributed by atoms with E-state index < -0.39 is 24.7 Å². The van der Waals surface area contributed by atoms with Crippen LogP contribution in [-0.2, 0) is 19.8 Å². The van der Waals surface area contributed by atoms with Crippen molar-refractivity contribution in [3.63, 3.8) is 0 Å². The molecule has 1 aromatic carbocycles. The highest BCUT2D eigenvalue weighted by atomic mass is 19.4. The number of pyridine rings is 1. The van der Waals surface area contributed by atoms with Gasteiger partial charge < -0.3 is 23.8 Å². The van der Waals surface area contributed by atoms with Gasteiger partial charge in [-0.05, 0) is 42.8 Å². The Hall–Kier alpha value is -2.89. The molecule has 8 nitrogen and oxygen atoms in total. The van der Waals surface area contributed by atoms with E-state index in [0.717, 1.165) is 0 Å². The van der Waals surface area contributed by atoms with Gasteiger partial charge in [0.05, 0.1) is 20.3 Å². The number of hydrogen-bond donors (Lipinski definition) is 0. The van der Waals surface area contributed by atoms with E-state index in [-0.39, 0.29) is 19.3 Å². The Balaban J connectivity index is 1.42. The molecule has 2 aliphatic rings. The second-order valence-corrected chi connectivity index (χ2v) is 7.99. The van der Waals surface area contributed by atoms with E-state index in [1.165, 1.54) is 0 Å². The molecule has 2 aliphatic heterocycles. The summed E-state index contributed by atoms with van der Waals surface area (Å²) in [6.45, 7) is 1.66. The normalized spacial score (nSPS) is 22.4. The van der Waals surface area contributed by atoms with Crippen molar-refractivity contribution in [3.8, 4) is 11.5 Å². The molecule has 2 atom stereocenters. The molecule has 4 rings (SSSR count). The summed E-state index contributed by atoms with van der Waals surface area (Å²) in [5.74, 6) is 0.798. The quantitative estimate of drug-likeness (QED) is 0.560. The van der Waals surface area contributed by atoms with Crippen LogP contribution in [0.25, 0.3) is 0 Å². The number of aryl methyl sites for hydroxylation is 1. The molecule has 184 valence electrons. The van der Waals surface area contributed by atoms with Crippen LogP contribution < -0.4 is 9.47 Å². The van der Waals surface area contributed by atoms with Crippen molar-refractivity contribution >= 4 is 5.91 Å². The number of carbonyl (C=O) groups is 1. The number of benzene rings is 1. The van der Waals surface area contributed by atoms with E-state index in [1.807, 2.05) is 6.07 Å². The van der Waals surface area contributed by atoms with Gasteiger partial charge in [0.15, 0.2) is 0 Å². The first kappa shape index (κ1) is 24.2. The van der Waals surface area contributed by atoms with Crippen LogP contribution in [0.1, 0.15) is 28.0 Å². The van der Waals surface area contributed by atoms with Crippen molar-refractivity contribution < 1.29 is 41.7 Å². The Morgan fingerprint density at radius 2 is 2.09 bits per heavy atom. The summed E-state index contributed by atoms with van der Waals surface area (Å²) in [6.07, 6.45) is -2.96. The second-order valence-electron chi connectivity index (χ2n) is 7.99. The fourth-order valence-electron chi connectivity index (χ4n) is 4.31. The Morgan fingerprint density at radius 3 is 2.82 bits per heavy atom. The fraction of sp³-hybridized carbons (Fsp3) is 0.478. The summed E-state index contributed by atoms with van der Waals surface area (Å²) in [4.78, 5) is 19.4. The number of methoxy groups -OCH3 is 1. The van der Waals surface area contributed by atoms with Crippen molar-refractivity contribution in [1.29, 1.82) is 0 Å². The SMILES string of the molecule is COc1cccnc1[C@]12CCN(C(=O)c3ccc(OCCOC(F)(F)F)c(C)c3)C[C@H]1OCO2. The van der Waals surface area contributed by atoms with Crippen LogP contribution in [0.4, 0.5) is 13.2 Å². The van der Waals surface area contributed by atoms with Crippen LogP contribution in [0.5, 0.6) is 11.5 Å². The minimum absolute atomic E-state index is 0.0929. The number of carbonyl (C=O) groups excluding carboxylic acids is 1. The molecule has 34 heavy (non-hydrogen) atoms. The summed E-state index contributed by atoms with van der Waals surface area (Å²) < 4.78 is 62.6. The lowest BCUT2D eigenvalue weighted by Crippen LogP contribution is -2.54. The molecule has 0 N–H and O–H groups in total. The van der Waals surface area contributed by atoms with Gasteiger partial charge in [0.2, 0.25) is 0 Å². The van der Waals surface area contributed by atoms with E-state index in [4.69, 9.17) is 18.9 Å². The summed E-state index contributed by atoms with van der Waals surface area (Å²) in [7, 11) is 1.57. The Kier molecular flexibility index (Phi) is 6.96. The number of nitrogens with zero attached hydrogens (tertiary/aromatic N) is 2. The van der Waals surface area contributed by atoms with Gasteiger partial charge in [0.1, 0.15) is 42.3 Å². The van der Waals surface area contributed by atoms with Gasteiger partial charge in [-0.1, -0.05) is 0 Å². The Morgan fingerprint density at radius 1 is 1.26 bits per heavy atom. The third-order valence-corrected chi connectivity index (χ3v) is 5.95. The topological polar surface area (TPSA) is 79.4 Å². The van der Waals surface area contributed by atoms with Crippen LogP contribution in [-0.4, -0.2) is 68.5 Å². The molecule has 11 heteroatoms. The molecule has 2 aromatic rings. The first-order valence-electron chi connectivity index (χ1n) is 10.7. The van der Waals surface area contributed by atoms with Crippen LogP contribution in [0.15, 0.2) is 36.5 Å². The first-order valence-corrected chi connectivity index (χ1v) is 10.7. The molecule has 0 bridgehead atoms. The highest BCUT2D eigenvalue weighted by Gasteiger charge is 2.53. The lowest BCUT2D eigenvalue weighted by atomic mass is 9.84. The average Bonchev–Trinajstić information content (AvgIpc) is 3.25. The van der Waals surface area contributed by atoms with Crippen LogP contribution in [0.2, 0.25) is 0 Å². The standard InChI is InChI=1S/C23H25F3N2O6/c1-15-12-16(5-6-17(15)31-10-11-33-23(24,25)26)21(29)28-9-7-22(19(13-28)32-14-34-22)20-18(30-2)4-3-8-27-20/h3-6,8,12,19H,7,9-11,13-14H2,1-2H3/t19-,22+/m1/s1. The fourth-order valence-corrected chi connectivity index (χ4v) is 4.31. The molecule has 2 fully saturated rings. The summed E-state index contributed by atoms with van der Waals surface area (Å²) in [6, 6.07) is 8.40. The molecule has 2 saturated heterocycles. The van der Waals surface area contributed by atoms with E-state index in [0.29, 0.717) is 47.8 Å². The molecule has 0 spiro atoms. The number of fused-ring (bicyclic) bond motifs is 1. The zero-order chi connectivity index (χ0) is 24.3. The molecule has 0 saturated carbocycles. The zero-order valence-corrected chi connectivity index (χ0v) is 18.8. The maximum atomic E-state index is 13.2. The lowest BCUT2D eigenvalue weighted by Gasteiger charge is -2.41. The first-order chi connectivity index (χ1) is 16.2. The summed E-state index contributed by atoms with van der Waals surface area (Å²) in [5.41, 5.74) is 0.926. The highest BCUT2D eigenvalue weighted by molar-refractivity contribution is 5.94. The zero-order valence-electron chi connectivity index (χ0n) is 18.8. The van der Waals surface area contributed by atoms with Crippen molar-refractivity contribution in [2.45, 2.75) is 31.4 Å². The van der Waals surface area contributed by atoms with Gasteiger partial charge in [-0.3, -0.25) is 14.5 Å². The smallest absolute Gasteiger partial charge is 0.495 e. The number of aromatic nitrogens is 1. The highest BCUT2D eigenvalue weighted by Crippen LogP contribution is 2.45. The predicted octanol–water partition coefficient (Wildman–Crippen LogP) is 3.43. The summed E-state index contributed by atoms with van der Waals surface area (Å²) in [5, 5.41) is 0. The lowest BCUT2D eigenvalue weighted by molar-refractivity contribution is -0.325. The molecule has 1 amide bonds. The molecule has 0 unspecified atom stereocenters. The van der Waals surface area contributed by atoms with Gasteiger partial charge in [0.25, 0.3) is 5.91 Å². The van der Waals surface area contributed by atoms with Crippen molar-refractivity contribution in [2.24, 2.45) is 0 Å². The third-order valence-electron chi connectivity index (χ3n) is 5.95.